The van der Waals surface area contributed by atoms with Gasteiger partial charge in [0.2, 0.25) is 0 Å². The van der Waals surface area contributed by atoms with Crippen molar-refractivity contribution in [2.45, 2.75) is 31.7 Å². The minimum absolute atomic E-state index is 0.113. The highest BCUT2D eigenvalue weighted by atomic mass is 16.2. The predicted molar refractivity (Wildman–Crippen MR) is 68.2 cm³/mol. The summed E-state index contributed by atoms with van der Waals surface area (Å²) in [6, 6.07) is 0.691. The molecule has 2 saturated heterocycles. The molecular formula is C13H20N4O. The Labute approximate surface area is 107 Å². The molecule has 18 heavy (non-hydrogen) atoms. The summed E-state index contributed by atoms with van der Waals surface area (Å²) >= 11 is 0. The van der Waals surface area contributed by atoms with E-state index < -0.39 is 0 Å². The third kappa shape index (κ3) is 2.27. The summed E-state index contributed by atoms with van der Waals surface area (Å²) in [7, 11) is 0. The van der Waals surface area contributed by atoms with Gasteiger partial charge in [-0.25, -0.2) is 0 Å². The molecular weight excluding hydrogens is 228 g/mol. The van der Waals surface area contributed by atoms with E-state index >= 15 is 0 Å². The average molecular weight is 248 g/mol. The standard InChI is InChI=1S/C13H20N4O/c18-13(11-8-15-16-9-11)17-6-3-10(4-7-17)12-2-1-5-14-12/h8-10,12,14H,1-7H2,(H,15,16). The van der Waals surface area contributed by atoms with Gasteiger partial charge in [-0.05, 0) is 38.1 Å². The molecule has 1 atom stereocenters. The minimum atomic E-state index is 0.113. The number of nitrogens with zero attached hydrogens (tertiary/aromatic N) is 2. The van der Waals surface area contributed by atoms with Gasteiger partial charge >= 0.3 is 0 Å². The molecule has 5 nitrogen and oxygen atoms in total. The fraction of sp³-hybridized carbons (Fsp3) is 0.692. The van der Waals surface area contributed by atoms with E-state index in [2.05, 4.69) is 15.5 Å². The molecule has 5 heteroatoms. The normalized spacial score (nSPS) is 25.6. The Morgan fingerprint density at radius 1 is 1.33 bits per heavy atom. The van der Waals surface area contributed by atoms with Crippen molar-refractivity contribution < 1.29 is 4.79 Å². The molecule has 2 aliphatic heterocycles. The highest BCUT2D eigenvalue weighted by Crippen LogP contribution is 2.26. The van der Waals surface area contributed by atoms with Crippen LogP contribution >= 0.6 is 0 Å². The molecule has 1 unspecified atom stereocenters. The van der Waals surface area contributed by atoms with Gasteiger partial charge in [-0.1, -0.05) is 0 Å². The molecule has 0 aliphatic carbocycles. The lowest BCUT2D eigenvalue weighted by atomic mass is 9.88. The molecule has 3 rings (SSSR count). The van der Waals surface area contributed by atoms with E-state index in [0.717, 1.165) is 31.8 Å². The zero-order valence-corrected chi connectivity index (χ0v) is 10.6. The molecule has 2 aliphatic rings. The van der Waals surface area contributed by atoms with E-state index in [1.165, 1.54) is 19.4 Å². The van der Waals surface area contributed by atoms with Crippen LogP contribution in [0.15, 0.2) is 12.4 Å². The van der Waals surface area contributed by atoms with Gasteiger partial charge in [0.15, 0.2) is 0 Å². The van der Waals surface area contributed by atoms with Crippen LogP contribution in [0.3, 0.4) is 0 Å². The van der Waals surface area contributed by atoms with Crippen molar-refractivity contribution >= 4 is 5.91 Å². The number of hydrogen-bond donors (Lipinski definition) is 2. The lowest BCUT2D eigenvalue weighted by Gasteiger charge is -2.34. The first-order valence-electron chi connectivity index (χ1n) is 6.86. The Bertz CT molecular complexity index is 389. The number of nitrogens with one attached hydrogen (secondary N) is 2. The van der Waals surface area contributed by atoms with Gasteiger partial charge in [-0.3, -0.25) is 9.89 Å². The number of carbonyl (C=O) groups excluding carboxylic acids is 1. The van der Waals surface area contributed by atoms with Gasteiger partial charge in [0.25, 0.3) is 5.91 Å². The summed E-state index contributed by atoms with van der Waals surface area (Å²) in [5, 5.41) is 10.1. The first-order chi connectivity index (χ1) is 8.84. The van der Waals surface area contributed by atoms with Crippen LogP contribution in [-0.2, 0) is 0 Å². The van der Waals surface area contributed by atoms with Crippen LogP contribution in [0.4, 0.5) is 0 Å². The molecule has 0 saturated carbocycles. The van der Waals surface area contributed by atoms with Crippen LogP contribution in [0.1, 0.15) is 36.0 Å². The molecule has 0 radical (unpaired) electrons. The van der Waals surface area contributed by atoms with Crippen LogP contribution in [0.25, 0.3) is 0 Å². The predicted octanol–water partition coefficient (Wildman–Crippen LogP) is 1.01. The second-order valence-electron chi connectivity index (χ2n) is 5.32. The SMILES string of the molecule is O=C(c1cn[nH]c1)N1CCC(C2CCCN2)CC1. The Kier molecular flexibility index (Phi) is 3.32. The molecule has 0 aromatic carbocycles. The zero-order chi connectivity index (χ0) is 12.4. The highest BCUT2D eigenvalue weighted by Gasteiger charge is 2.30. The Hall–Kier alpha value is -1.36. The van der Waals surface area contributed by atoms with Crippen LogP contribution in [-0.4, -0.2) is 46.7 Å². The van der Waals surface area contributed by atoms with Crippen molar-refractivity contribution in [2.24, 2.45) is 5.92 Å². The van der Waals surface area contributed by atoms with Crippen molar-refractivity contribution in [3.63, 3.8) is 0 Å². The van der Waals surface area contributed by atoms with Crippen molar-refractivity contribution in [1.82, 2.24) is 20.4 Å². The maximum absolute atomic E-state index is 12.1. The van der Waals surface area contributed by atoms with Gasteiger partial charge in [0.1, 0.15) is 0 Å². The maximum Gasteiger partial charge on any atom is 0.257 e. The van der Waals surface area contributed by atoms with Crippen molar-refractivity contribution in [3.8, 4) is 0 Å². The van der Waals surface area contributed by atoms with E-state index in [1.807, 2.05) is 4.90 Å². The summed E-state index contributed by atoms with van der Waals surface area (Å²) in [5.74, 6) is 0.863. The average Bonchev–Trinajstić information content (AvgIpc) is 3.11. The molecule has 0 bridgehead atoms. The smallest absolute Gasteiger partial charge is 0.257 e. The molecule has 0 spiro atoms. The molecule has 3 heterocycles. The van der Waals surface area contributed by atoms with Crippen molar-refractivity contribution in [3.05, 3.63) is 18.0 Å². The fourth-order valence-corrected chi connectivity index (χ4v) is 3.17. The first kappa shape index (κ1) is 11.7. The van der Waals surface area contributed by atoms with Crippen LogP contribution < -0.4 is 5.32 Å². The fourth-order valence-electron chi connectivity index (χ4n) is 3.17. The second kappa shape index (κ2) is 5.10. The third-order valence-corrected chi connectivity index (χ3v) is 4.24. The summed E-state index contributed by atoms with van der Waals surface area (Å²) in [4.78, 5) is 14.1. The lowest BCUT2D eigenvalue weighted by Crippen LogP contribution is -2.43. The number of H-pyrrole nitrogens is 1. The number of likely N-dealkylation sites (tertiary alicyclic amines) is 1. The highest BCUT2D eigenvalue weighted by molar-refractivity contribution is 5.93. The molecule has 2 fully saturated rings. The number of aromatic nitrogens is 2. The van der Waals surface area contributed by atoms with E-state index in [9.17, 15) is 4.79 Å². The molecule has 1 aromatic heterocycles. The maximum atomic E-state index is 12.1. The van der Waals surface area contributed by atoms with Crippen molar-refractivity contribution in [2.75, 3.05) is 19.6 Å². The lowest BCUT2D eigenvalue weighted by molar-refractivity contribution is 0.0674. The summed E-state index contributed by atoms with van der Waals surface area (Å²) in [6.07, 6.45) is 8.14. The monoisotopic (exact) mass is 248 g/mol. The van der Waals surface area contributed by atoms with E-state index in [0.29, 0.717) is 11.6 Å². The molecule has 98 valence electrons. The summed E-state index contributed by atoms with van der Waals surface area (Å²) in [5.41, 5.74) is 0.674. The molecule has 1 aromatic rings. The van der Waals surface area contributed by atoms with Crippen LogP contribution in [0.2, 0.25) is 0 Å². The number of hydrogen-bond acceptors (Lipinski definition) is 3. The number of piperidine rings is 1. The van der Waals surface area contributed by atoms with Gasteiger partial charge in [0, 0.05) is 25.3 Å². The largest absolute Gasteiger partial charge is 0.339 e. The van der Waals surface area contributed by atoms with Crippen molar-refractivity contribution in [1.29, 1.82) is 0 Å². The van der Waals surface area contributed by atoms with Gasteiger partial charge < -0.3 is 10.2 Å². The zero-order valence-electron chi connectivity index (χ0n) is 10.6. The topological polar surface area (TPSA) is 61.0 Å². The van der Waals surface area contributed by atoms with Gasteiger partial charge in [0.05, 0.1) is 11.8 Å². The third-order valence-electron chi connectivity index (χ3n) is 4.24. The Morgan fingerprint density at radius 3 is 2.78 bits per heavy atom. The number of amides is 1. The summed E-state index contributed by atoms with van der Waals surface area (Å²) in [6.45, 7) is 2.93. The van der Waals surface area contributed by atoms with Crippen LogP contribution in [0.5, 0.6) is 0 Å². The van der Waals surface area contributed by atoms with Gasteiger partial charge in [-0.2, -0.15) is 5.10 Å². The van der Waals surface area contributed by atoms with Gasteiger partial charge in [-0.15, -0.1) is 0 Å². The number of aromatic amines is 1. The summed E-state index contributed by atoms with van der Waals surface area (Å²) < 4.78 is 0. The first-order valence-corrected chi connectivity index (χ1v) is 6.86. The quantitative estimate of drug-likeness (QED) is 0.821. The number of carbonyl (C=O) groups is 1. The van der Waals surface area contributed by atoms with E-state index in [-0.39, 0.29) is 5.91 Å². The second-order valence-corrected chi connectivity index (χ2v) is 5.32. The Balaban J connectivity index is 1.55. The van der Waals surface area contributed by atoms with Crippen LogP contribution in [0, 0.1) is 5.92 Å². The molecule has 1 amide bonds. The Morgan fingerprint density at radius 2 is 2.17 bits per heavy atom. The van der Waals surface area contributed by atoms with E-state index in [1.54, 1.807) is 12.4 Å². The minimum Gasteiger partial charge on any atom is -0.339 e. The molecule has 2 N–H and O–H groups in total. The van der Waals surface area contributed by atoms with E-state index in [4.69, 9.17) is 0 Å². The number of rotatable bonds is 2.